The van der Waals surface area contributed by atoms with Gasteiger partial charge >= 0.3 is 12.0 Å². The molecule has 0 saturated carbocycles. The second-order valence-electron chi connectivity index (χ2n) is 2.64. The van der Waals surface area contributed by atoms with Gasteiger partial charge in [-0.15, -0.1) is 0 Å². The summed E-state index contributed by atoms with van der Waals surface area (Å²) in [6, 6.07) is -0.550. The Morgan fingerprint density at radius 2 is 2.08 bits per heavy atom. The van der Waals surface area contributed by atoms with Gasteiger partial charge in [-0.3, -0.25) is 4.79 Å². The van der Waals surface area contributed by atoms with Crippen molar-refractivity contribution in [2.45, 2.75) is 6.92 Å². The molecule has 0 spiro atoms. The zero-order valence-corrected chi connectivity index (χ0v) is 7.53. The first-order chi connectivity index (χ1) is 5.49. The summed E-state index contributed by atoms with van der Waals surface area (Å²) in [5, 5.41) is 0. The van der Waals surface area contributed by atoms with E-state index in [0.717, 1.165) is 0 Å². The number of primary amides is 1. The molecule has 0 rings (SSSR count). The highest BCUT2D eigenvalue weighted by atomic mass is 16.5. The van der Waals surface area contributed by atoms with Crippen LogP contribution in [0, 0.1) is 5.92 Å². The molecule has 0 aliphatic rings. The van der Waals surface area contributed by atoms with Crippen LogP contribution < -0.4 is 5.73 Å². The fourth-order valence-corrected chi connectivity index (χ4v) is 0.776. The van der Waals surface area contributed by atoms with Crippen LogP contribution >= 0.6 is 0 Å². The van der Waals surface area contributed by atoms with Gasteiger partial charge in [0.2, 0.25) is 0 Å². The van der Waals surface area contributed by atoms with Crippen LogP contribution in [0.3, 0.4) is 0 Å². The monoisotopic (exact) mass is 174 g/mol. The molecule has 0 saturated heterocycles. The SMILES string of the molecule is COC(=O)[C@@H](C)CN(C)C(N)=O. The third-order valence-corrected chi connectivity index (χ3v) is 1.53. The molecule has 0 heterocycles. The quantitative estimate of drug-likeness (QED) is 0.602. The van der Waals surface area contributed by atoms with Crippen molar-refractivity contribution in [3.8, 4) is 0 Å². The molecule has 0 unspecified atom stereocenters. The molecule has 2 amide bonds. The van der Waals surface area contributed by atoms with Gasteiger partial charge < -0.3 is 15.4 Å². The molecule has 0 bridgehead atoms. The molecule has 0 aromatic carbocycles. The molecule has 1 atom stereocenters. The van der Waals surface area contributed by atoms with E-state index in [1.807, 2.05) is 0 Å². The summed E-state index contributed by atoms with van der Waals surface area (Å²) in [6.07, 6.45) is 0. The highest BCUT2D eigenvalue weighted by Crippen LogP contribution is 1.99. The van der Waals surface area contributed by atoms with Crippen LogP contribution in [0.5, 0.6) is 0 Å². The summed E-state index contributed by atoms with van der Waals surface area (Å²) in [6.45, 7) is 1.95. The number of urea groups is 1. The van der Waals surface area contributed by atoms with Gasteiger partial charge in [-0.1, -0.05) is 6.92 Å². The Balaban J connectivity index is 3.91. The first-order valence-corrected chi connectivity index (χ1v) is 3.57. The molecule has 0 aromatic rings. The predicted molar refractivity (Wildman–Crippen MR) is 43.4 cm³/mol. The van der Waals surface area contributed by atoms with Crippen LogP contribution in [0.25, 0.3) is 0 Å². The van der Waals surface area contributed by atoms with Gasteiger partial charge in [-0.2, -0.15) is 0 Å². The maximum Gasteiger partial charge on any atom is 0.314 e. The zero-order valence-electron chi connectivity index (χ0n) is 7.53. The van der Waals surface area contributed by atoms with E-state index in [2.05, 4.69) is 4.74 Å². The van der Waals surface area contributed by atoms with Gasteiger partial charge in [0.15, 0.2) is 0 Å². The summed E-state index contributed by atoms with van der Waals surface area (Å²) >= 11 is 0. The number of hydrogen-bond acceptors (Lipinski definition) is 3. The van der Waals surface area contributed by atoms with Crippen LogP contribution in [0.4, 0.5) is 4.79 Å². The molecular weight excluding hydrogens is 160 g/mol. The third-order valence-electron chi connectivity index (χ3n) is 1.53. The average Bonchev–Trinajstić information content (AvgIpc) is 2.02. The predicted octanol–water partition coefficient (Wildman–Crippen LogP) is -0.194. The van der Waals surface area contributed by atoms with E-state index in [1.165, 1.54) is 19.1 Å². The number of ether oxygens (including phenoxy) is 1. The molecule has 0 aliphatic heterocycles. The lowest BCUT2D eigenvalue weighted by Gasteiger charge is -2.17. The molecule has 5 heteroatoms. The van der Waals surface area contributed by atoms with E-state index >= 15 is 0 Å². The number of rotatable bonds is 3. The van der Waals surface area contributed by atoms with E-state index in [9.17, 15) is 9.59 Å². The Bertz CT molecular complexity index is 181. The van der Waals surface area contributed by atoms with Crippen molar-refractivity contribution in [2.75, 3.05) is 20.7 Å². The van der Waals surface area contributed by atoms with Crippen molar-refractivity contribution in [3.63, 3.8) is 0 Å². The first kappa shape index (κ1) is 10.7. The minimum Gasteiger partial charge on any atom is -0.469 e. The molecule has 5 nitrogen and oxygen atoms in total. The van der Waals surface area contributed by atoms with E-state index in [-0.39, 0.29) is 18.4 Å². The van der Waals surface area contributed by atoms with Crippen molar-refractivity contribution in [1.29, 1.82) is 0 Å². The Morgan fingerprint density at radius 3 is 2.42 bits per heavy atom. The molecule has 12 heavy (non-hydrogen) atoms. The fourth-order valence-electron chi connectivity index (χ4n) is 0.776. The van der Waals surface area contributed by atoms with Crippen LogP contribution in [0.1, 0.15) is 6.92 Å². The van der Waals surface area contributed by atoms with Gasteiger partial charge in [-0.25, -0.2) is 4.79 Å². The zero-order chi connectivity index (χ0) is 9.72. The summed E-state index contributed by atoms with van der Waals surface area (Å²) in [5.41, 5.74) is 4.96. The third kappa shape index (κ3) is 3.23. The fraction of sp³-hybridized carbons (Fsp3) is 0.714. The summed E-state index contributed by atoms with van der Waals surface area (Å²) in [4.78, 5) is 22.7. The van der Waals surface area contributed by atoms with Crippen molar-refractivity contribution in [3.05, 3.63) is 0 Å². The highest BCUT2D eigenvalue weighted by Gasteiger charge is 2.16. The van der Waals surface area contributed by atoms with E-state index in [4.69, 9.17) is 5.73 Å². The van der Waals surface area contributed by atoms with Gasteiger partial charge in [-0.05, 0) is 0 Å². The van der Waals surface area contributed by atoms with Crippen LogP contribution in [-0.2, 0) is 9.53 Å². The smallest absolute Gasteiger partial charge is 0.314 e. The van der Waals surface area contributed by atoms with Crippen molar-refractivity contribution >= 4 is 12.0 Å². The van der Waals surface area contributed by atoms with Gasteiger partial charge in [0.1, 0.15) is 0 Å². The molecular formula is C7H14N2O3. The van der Waals surface area contributed by atoms with Gasteiger partial charge in [0.25, 0.3) is 0 Å². The van der Waals surface area contributed by atoms with E-state index in [0.29, 0.717) is 0 Å². The van der Waals surface area contributed by atoms with E-state index in [1.54, 1.807) is 6.92 Å². The van der Waals surface area contributed by atoms with Crippen LogP contribution in [-0.4, -0.2) is 37.6 Å². The molecule has 2 N–H and O–H groups in total. The molecule has 0 fully saturated rings. The first-order valence-electron chi connectivity index (χ1n) is 3.57. The second-order valence-corrected chi connectivity index (χ2v) is 2.64. The Labute approximate surface area is 71.5 Å². The Hall–Kier alpha value is -1.26. The number of nitrogens with two attached hydrogens (primary N) is 1. The summed E-state index contributed by atoms with van der Waals surface area (Å²) in [7, 11) is 2.84. The van der Waals surface area contributed by atoms with Crippen molar-refractivity contribution in [1.82, 2.24) is 4.90 Å². The van der Waals surface area contributed by atoms with Gasteiger partial charge in [0, 0.05) is 13.6 Å². The minimum absolute atomic E-state index is 0.280. The average molecular weight is 174 g/mol. The highest BCUT2D eigenvalue weighted by molar-refractivity contribution is 5.75. The number of amides is 2. The second kappa shape index (κ2) is 4.58. The molecule has 0 aromatic heterocycles. The van der Waals surface area contributed by atoms with Gasteiger partial charge in [0.05, 0.1) is 13.0 Å². The normalized spacial score (nSPS) is 11.9. The Kier molecular flexibility index (Phi) is 4.10. The number of methoxy groups -OCH3 is 1. The van der Waals surface area contributed by atoms with Crippen molar-refractivity contribution < 1.29 is 14.3 Å². The lowest BCUT2D eigenvalue weighted by Crippen LogP contribution is -2.37. The summed E-state index contributed by atoms with van der Waals surface area (Å²) in [5.74, 6) is -0.685. The molecule has 70 valence electrons. The topological polar surface area (TPSA) is 72.6 Å². The number of hydrogen-bond donors (Lipinski definition) is 1. The standard InChI is InChI=1S/C7H14N2O3/c1-5(6(10)12-3)4-9(2)7(8)11/h5H,4H2,1-3H3,(H2,8,11)/t5-/m0/s1. The minimum atomic E-state index is -0.550. The van der Waals surface area contributed by atoms with Crippen LogP contribution in [0.2, 0.25) is 0 Å². The van der Waals surface area contributed by atoms with Crippen molar-refractivity contribution in [2.24, 2.45) is 11.7 Å². The number of carbonyl (C=O) groups excluding carboxylic acids is 2. The lowest BCUT2D eigenvalue weighted by molar-refractivity contribution is -0.145. The largest absolute Gasteiger partial charge is 0.469 e. The lowest BCUT2D eigenvalue weighted by atomic mass is 10.2. The Morgan fingerprint density at radius 1 is 1.58 bits per heavy atom. The summed E-state index contributed by atoms with van der Waals surface area (Å²) < 4.78 is 4.47. The van der Waals surface area contributed by atoms with E-state index < -0.39 is 6.03 Å². The van der Waals surface area contributed by atoms with Crippen LogP contribution in [0.15, 0.2) is 0 Å². The molecule has 0 aliphatic carbocycles. The maximum atomic E-state index is 10.9. The number of nitrogens with zero attached hydrogens (tertiary/aromatic N) is 1. The maximum absolute atomic E-state index is 10.9. The molecule has 0 radical (unpaired) electrons. The number of carbonyl (C=O) groups is 2. The number of esters is 1.